The van der Waals surface area contributed by atoms with Crippen LogP contribution in [-0.4, -0.2) is 45.6 Å². The number of aliphatic hydroxyl groups is 1. The molecule has 0 unspecified atom stereocenters. The molecule has 0 bridgehead atoms. The highest BCUT2D eigenvalue weighted by Gasteiger charge is 2.08. The van der Waals surface area contributed by atoms with E-state index >= 15 is 0 Å². The van der Waals surface area contributed by atoms with E-state index in [1.165, 1.54) is 0 Å². The quantitative estimate of drug-likeness (QED) is 0.526. The maximum atomic E-state index is 11.4. The third kappa shape index (κ3) is 10.4. The molecule has 0 aliphatic carbocycles. The zero-order valence-electron chi connectivity index (χ0n) is 9.94. The summed E-state index contributed by atoms with van der Waals surface area (Å²) in [4.78, 5) is 0. The number of nitrogens with one attached hydrogen (secondary N) is 1. The number of hydrogen-bond donors (Lipinski definition) is 2. The minimum Gasteiger partial charge on any atom is -0.396 e. The Kier molecular flexibility index (Phi) is 9.91. The van der Waals surface area contributed by atoms with Crippen molar-refractivity contribution in [3.8, 4) is 0 Å². The maximum Gasteiger partial charge on any atom is 0.211 e. The molecule has 0 atom stereocenters. The van der Waals surface area contributed by atoms with Crippen LogP contribution in [0.2, 0.25) is 0 Å². The summed E-state index contributed by atoms with van der Waals surface area (Å²) < 4.78 is 30.5. The Hall–Kier alpha value is -0.170. The summed E-state index contributed by atoms with van der Waals surface area (Å²) in [6, 6.07) is 0. The van der Waals surface area contributed by atoms with Crippen molar-refractivity contribution < 1.29 is 18.3 Å². The second-order valence-electron chi connectivity index (χ2n) is 3.61. The number of ether oxygens (including phenoxy) is 1. The van der Waals surface area contributed by atoms with Crippen molar-refractivity contribution in [1.82, 2.24) is 4.72 Å². The minimum atomic E-state index is -3.16. The fraction of sp³-hybridized carbons (Fsp3) is 1.00. The first-order valence-corrected chi connectivity index (χ1v) is 7.43. The number of rotatable bonds is 11. The first-order chi connectivity index (χ1) is 7.62. The van der Waals surface area contributed by atoms with Gasteiger partial charge in [0.05, 0.1) is 5.75 Å². The minimum absolute atomic E-state index is 0.0420. The third-order valence-corrected chi connectivity index (χ3v) is 3.43. The lowest BCUT2D eigenvalue weighted by atomic mass is 10.4. The molecule has 0 aliphatic heterocycles. The van der Waals surface area contributed by atoms with E-state index in [2.05, 4.69) is 4.72 Å². The lowest BCUT2D eigenvalue weighted by molar-refractivity contribution is 0.133. The molecule has 5 nitrogen and oxygen atoms in total. The van der Waals surface area contributed by atoms with E-state index in [9.17, 15) is 8.42 Å². The van der Waals surface area contributed by atoms with Gasteiger partial charge in [0.2, 0.25) is 10.0 Å². The number of unbranched alkanes of at least 4 members (excludes halogenated alkanes) is 1. The average molecular weight is 253 g/mol. The normalized spacial score (nSPS) is 11.9. The van der Waals surface area contributed by atoms with E-state index in [1.54, 1.807) is 0 Å². The summed E-state index contributed by atoms with van der Waals surface area (Å²) >= 11 is 0. The molecular formula is C10H23NO4S. The van der Waals surface area contributed by atoms with Crippen molar-refractivity contribution >= 4 is 10.0 Å². The Morgan fingerprint density at radius 3 is 2.56 bits per heavy atom. The molecule has 0 aliphatic rings. The number of aliphatic hydroxyl groups excluding tert-OH is 1. The van der Waals surface area contributed by atoms with Gasteiger partial charge < -0.3 is 9.84 Å². The molecule has 0 fully saturated rings. The molecule has 0 saturated carbocycles. The van der Waals surface area contributed by atoms with Crippen LogP contribution in [0.1, 0.15) is 32.6 Å². The molecule has 0 aromatic heterocycles. The van der Waals surface area contributed by atoms with Crippen molar-refractivity contribution in [1.29, 1.82) is 0 Å². The van der Waals surface area contributed by atoms with Crippen LogP contribution in [0.4, 0.5) is 0 Å². The Balaban J connectivity index is 3.43. The summed E-state index contributed by atoms with van der Waals surface area (Å²) in [7, 11) is -3.16. The molecule has 0 saturated heterocycles. The van der Waals surface area contributed by atoms with Gasteiger partial charge in [-0.25, -0.2) is 13.1 Å². The topological polar surface area (TPSA) is 75.6 Å². The van der Waals surface area contributed by atoms with Crippen LogP contribution in [0, 0.1) is 0 Å². The molecule has 0 amide bonds. The van der Waals surface area contributed by atoms with Crippen LogP contribution < -0.4 is 4.72 Å². The summed E-state index contributed by atoms with van der Waals surface area (Å²) in [6.45, 7) is 3.81. The number of sulfonamides is 1. The van der Waals surface area contributed by atoms with Crippen LogP contribution in [0.3, 0.4) is 0 Å². The predicted molar refractivity (Wildman–Crippen MR) is 63.8 cm³/mol. The predicted octanol–water partition coefficient (Wildman–Crippen LogP) is 0.495. The van der Waals surface area contributed by atoms with Crippen molar-refractivity contribution in [3.63, 3.8) is 0 Å². The van der Waals surface area contributed by atoms with E-state index in [4.69, 9.17) is 9.84 Å². The maximum absolute atomic E-state index is 11.4. The van der Waals surface area contributed by atoms with E-state index in [0.29, 0.717) is 32.4 Å². The Bertz CT molecular complexity index is 241. The summed E-state index contributed by atoms with van der Waals surface area (Å²) in [6.07, 6.45) is 2.70. The highest BCUT2D eigenvalue weighted by molar-refractivity contribution is 7.89. The van der Waals surface area contributed by atoms with Crippen LogP contribution in [-0.2, 0) is 14.8 Å². The van der Waals surface area contributed by atoms with Crippen LogP contribution >= 0.6 is 0 Å². The lowest BCUT2D eigenvalue weighted by Gasteiger charge is -2.06. The van der Waals surface area contributed by atoms with Crippen molar-refractivity contribution in [2.75, 3.05) is 32.1 Å². The molecule has 0 aromatic rings. The lowest BCUT2D eigenvalue weighted by Crippen LogP contribution is -2.28. The molecule has 0 rings (SSSR count). The smallest absolute Gasteiger partial charge is 0.211 e. The number of hydrogen-bond acceptors (Lipinski definition) is 4. The van der Waals surface area contributed by atoms with Gasteiger partial charge in [-0.15, -0.1) is 0 Å². The fourth-order valence-corrected chi connectivity index (χ4v) is 2.31. The van der Waals surface area contributed by atoms with Crippen LogP contribution in [0.15, 0.2) is 0 Å². The first kappa shape index (κ1) is 15.8. The largest absolute Gasteiger partial charge is 0.396 e. The van der Waals surface area contributed by atoms with Crippen LogP contribution in [0.5, 0.6) is 0 Å². The molecule has 6 heteroatoms. The SMILES string of the molecule is CCCOCCCNS(=O)(=O)CCCCO. The average Bonchev–Trinajstić information content (AvgIpc) is 2.23. The van der Waals surface area contributed by atoms with E-state index in [0.717, 1.165) is 13.0 Å². The second kappa shape index (κ2) is 10.0. The Morgan fingerprint density at radius 2 is 1.94 bits per heavy atom. The van der Waals surface area contributed by atoms with Gasteiger partial charge in [-0.05, 0) is 25.7 Å². The zero-order chi connectivity index (χ0) is 12.3. The van der Waals surface area contributed by atoms with Gasteiger partial charge in [0.1, 0.15) is 0 Å². The van der Waals surface area contributed by atoms with Crippen LogP contribution in [0.25, 0.3) is 0 Å². The van der Waals surface area contributed by atoms with Gasteiger partial charge in [0.25, 0.3) is 0 Å². The molecular weight excluding hydrogens is 230 g/mol. The Labute approximate surface area is 98.2 Å². The van der Waals surface area contributed by atoms with Gasteiger partial charge in [-0.2, -0.15) is 0 Å². The van der Waals surface area contributed by atoms with Gasteiger partial charge >= 0.3 is 0 Å². The third-order valence-electron chi connectivity index (χ3n) is 1.96. The van der Waals surface area contributed by atoms with E-state index in [-0.39, 0.29) is 12.4 Å². The highest BCUT2D eigenvalue weighted by Crippen LogP contribution is 1.94. The standard InChI is InChI=1S/C10H23NO4S/c1-2-8-15-9-5-6-11-16(13,14)10-4-3-7-12/h11-12H,2-10H2,1H3. The van der Waals surface area contributed by atoms with Gasteiger partial charge in [-0.3, -0.25) is 0 Å². The molecule has 16 heavy (non-hydrogen) atoms. The van der Waals surface area contributed by atoms with E-state index in [1.807, 2.05) is 6.92 Å². The molecule has 2 N–H and O–H groups in total. The summed E-state index contributed by atoms with van der Waals surface area (Å²) in [5, 5.41) is 8.53. The van der Waals surface area contributed by atoms with Crippen molar-refractivity contribution in [2.45, 2.75) is 32.6 Å². The van der Waals surface area contributed by atoms with Crippen molar-refractivity contribution in [2.24, 2.45) is 0 Å². The van der Waals surface area contributed by atoms with Gasteiger partial charge in [0.15, 0.2) is 0 Å². The fourth-order valence-electron chi connectivity index (χ4n) is 1.12. The summed E-state index contributed by atoms with van der Waals surface area (Å²) in [5.41, 5.74) is 0. The molecule has 98 valence electrons. The zero-order valence-corrected chi connectivity index (χ0v) is 10.8. The molecule has 0 heterocycles. The first-order valence-electron chi connectivity index (χ1n) is 5.78. The van der Waals surface area contributed by atoms with Gasteiger partial charge in [-0.1, -0.05) is 6.92 Å². The van der Waals surface area contributed by atoms with Crippen molar-refractivity contribution in [3.05, 3.63) is 0 Å². The molecule has 0 aromatic carbocycles. The second-order valence-corrected chi connectivity index (χ2v) is 5.54. The highest BCUT2D eigenvalue weighted by atomic mass is 32.2. The van der Waals surface area contributed by atoms with Gasteiger partial charge in [0, 0.05) is 26.4 Å². The monoisotopic (exact) mass is 253 g/mol. The Morgan fingerprint density at radius 1 is 1.19 bits per heavy atom. The summed E-state index contributed by atoms with van der Waals surface area (Å²) in [5.74, 6) is 0.0867. The molecule has 0 spiro atoms. The molecule has 0 radical (unpaired) electrons. The van der Waals surface area contributed by atoms with E-state index < -0.39 is 10.0 Å².